The van der Waals surface area contributed by atoms with Crippen LogP contribution in [-0.2, 0) is 12.0 Å². The molecule has 0 N–H and O–H groups in total. The number of anilines is 1. The van der Waals surface area contributed by atoms with Crippen LogP contribution in [0.25, 0.3) is 0 Å². The molecule has 0 radical (unpaired) electrons. The van der Waals surface area contributed by atoms with Crippen molar-refractivity contribution in [2.45, 2.75) is 38.8 Å². The summed E-state index contributed by atoms with van der Waals surface area (Å²) in [6.07, 6.45) is 0. The first kappa shape index (κ1) is 15.9. The lowest BCUT2D eigenvalue weighted by molar-refractivity contribution is 0.0642. The van der Waals surface area contributed by atoms with Gasteiger partial charge in [-0.3, -0.25) is 14.5 Å². The monoisotopic (exact) mass is 334 g/mol. The molecule has 0 spiro atoms. The predicted octanol–water partition coefficient (Wildman–Crippen LogP) is 3.60. The normalized spacial score (nSPS) is 20.9. The molecule has 0 aliphatic carbocycles. The number of imide groups is 1. The van der Waals surface area contributed by atoms with Crippen LogP contribution in [0.5, 0.6) is 0 Å². The Labute approximate surface area is 148 Å². The van der Waals surface area contributed by atoms with Crippen molar-refractivity contribution < 1.29 is 9.59 Å². The fourth-order valence-corrected chi connectivity index (χ4v) is 4.00. The molecule has 2 heterocycles. The van der Waals surface area contributed by atoms with Crippen LogP contribution >= 0.6 is 0 Å². The van der Waals surface area contributed by atoms with Gasteiger partial charge >= 0.3 is 0 Å². The average molecular weight is 334 g/mol. The number of carbonyl (C=O) groups excluding carboxylic acids is 2. The van der Waals surface area contributed by atoms with Crippen LogP contribution in [0.3, 0.4) is 0 Å². The SMILES string of the molecule is C[C@H]1N(C)c2cc(CN3C(=O)c4ccccc4C3=O)ccc2C1(C)C. The van der Waals surface area contributed by atoms with Gasteiger partial charge in [0.2, 0.25) is 0 Å². The molecule has 0 saturated carbocycles. The van der Waals surface area contributed by atoms with Crippen molar-refractivity contribution in [2.75, 3.05) is 11.9 Å². The molecule has 2 aliphatic rings. The Morgan fingerprint density at radius 3 is 2.20 bits per heavy atom. The molecular weight excluding hydrogens is 312 g/mol. The molecule has 0 bridgehead atoms. The van der Waals surface area contributed by atoms with E-state index in [0.717, 1.165) is 5.56 Å². The molecule has 4 nitrogen and oxygen atoms in total. The number of fused-ring (bicyclic) bond motifs is 2. The van der Waals surface area contributed by atoms with Gasteiger partial charge in [-0.25, -0.2) is 0 Å². The Morgan fingerprint density at radius 2 is 1.60 bits per heavy atom. The van der Waals surface area contributed by atoms with Crippen molar-refractivity contribution >= 4 is 17.5 Å². The van der Waals surface area contributed by atoms with E-state index in [2.05, 4.69) is 44.9 Å². The summed E-state index contributed by atoms with van der Waals surface area (Å²) in [6.45, 7) is 7.04. The second-order valence-corrected chi connectivity index (χ2v) is 7.60. The van der Waals surface area contributed by atoms with E-state index in [-0.39, 0.29) is 17.2 Å². The highest BCUT2D eigenvalue weighted by atomic mass is 16.2. The van der Waals surface area contributed by atoms with E-state index in [9.17, 15) is 9.59 Å². The number of hydrogen-bond acceptors (Lipinski definition) is 3. The molecule has 4 heteroatoms. The van der Waals surface area contributed by atoms with Crippen LogP contribution < -0.4 is 4.90 Å². The zero-order chi connectivity index (χ0) is 17.9. The van der Waals surface area contributed by atoms with Crippen molar-refractivity contribution in [1.82, 2.24) is 4.90 Å². The zero-order valence-corrected chi connectivity index (χ0v) is 15.0. The molecule has 128 valence electrons. The molecule has 4 rings (SSSR count). The number of benzene rings is 2. The summed E-state index contributed by atoms with van der Waals surface area (Å²) in [6, 6.07) is 13.7. The molecule has 0 aromatic heterocycles. The lowest BCUT2D eigenvalue weighted by Gasteiger charge is -2.28. The zero-order valence-electron chi connectivity index (χ0n) is 15.0. The summed E-state index contributed by atoms with van der Waals surface area (Å²) in [7, 11) is 2.10. The molecule has 0 saturated heterocycles. The highest BCUT2D eigenvalue weighted by Gasteiger charge is 2.40. The van der Waals surface area contributed by atoms with Crippen LogP contribution in [0.2, 0.25) is 0 Å². The third kappa shape index (κ3) is 2.13. The lowest BCUT2D eigenvalue weighted by atomic mass is 9.81. The molecular formula is C21H22N2O2. The van der Waals surface area contributed by atoms with E-state index < -0.39 is 0 Å². The van der Waals surface area contributed by atoms with Crippen LogP contribution in [0.1, 0.15) is 52.6 Å². The van der Waals surface area contributed by atoms with Crippen LogP contribution in [-0.4, -0.2) is 29.8 Å². The van der Waals surface area contributed by atoms with Crippen LogP contribution in [0.4, 0.5) is 5.69 Å². The molecule has 2 aliphatic heterocycles. The third-order valence-electron chi connectivity index (χ3n) is 5.98. The predicted molar refractivity (Wildman–Crippen MR) is 98.0 cm³/mol. The van der Waals surface area contributed by atoms with Gasteiger partial charge in [-0.15, -0.1) is 0 Å². The van der Waals surface area contributed by atoms with Crippen molar-refractivity contribution in [3.63, 3.8) is 0 Å². The van der Waals surface area contributed by atoms with Crippen molar-refractivity contribution in [3.8, 4) is 0 Å². The number of likely N-dealkylation sites (N-methyl/N-ethyl adjacent to an activating group) is 1. The second kappa shape index (κ2) is 5.19. The molecule has 0 fully saturated rings. The van der Waals surface area contributed by atoms with Crippen molar-refractivity contribution in [1.29, 1.82) is 0 Å². The summed E-state index contributed by atoms with van der Waals surface area (Å²) in [5.74, 6) is -0.411. The maximum Gasteiger partial charge on any atom is 0.261 e. The number of rotatable bonds is 2. The minimum atomic E-state index is -0.205. The van der Waals surface area contributed by atoms with E-state index in [4.69, 9.17) is 0 Å². The Balaban J connectivity index is 1.66. The molecule has 2 aromatic rings. The Hall–Kier alpha value is -2.62. The van der Waals surface area contributed by atoms with E-state index in [1.807, 2.05) is 6.07 Å². The van der Waals surface area contributed by atoms with Gasteiger partial charge in [0.05, 0.1) is 17.7 Å². The van der Waals surface area contributed by atoms with Gasteiger partial charge in [0, 0.05) is 24.2 Å². The lowest BCUT2D eigenvalue weighted by Crippen LogP contribution is -2.36. The first-order valence-electron chi connectivity index (χ1n) is 8.64. The number of nitrogens with zero attached hydrogens (tertiary/aromatic N) is 2. The Bertz CT molecular complexity index is 866. The van der Waals surface area contributed by atoms with Crippen LogP contribution in [0.15, 0.2) is 42.5 Å². The van der Waals surface area contributed by atoms with E-state index in [0.29, 0.717) is 23.7 Å². The summed E-state index contributed by atoms with van der Waals surface area (Å²) in [5, 5.41) is 0. The summed E-state index contributed by atoms with van der Waals surface area (Å²) in [4.78, 5) is 28.7. The van der Waals surface area contributed by atoms with Gasteiger partial charge < -0.3 is 4.90 Å². The number of amides is 2. The molecule has 1 atom stereocenters. The van der Waals surface area contributed by atoms with Gasteiger partial charge in [0.25, 0.3) is 11.8 Å². The van der Waals surface area contributed by atoms with E-state index in [1.54, 1.807) is 24.3 Å². The maximum atomic E-state index is 12.6. The van der Waals surface area contributed by atoms with Gasteiger partial charge in [-0.1, -0.05) is 38.1 Å². The minimum Gasteiger partial charge on any atom is -0.371 e. The molecule has 2 amide bonds. The van der Waals surface area contributed by atoms with Crippen molar-refractivity contribution in [3.05, 3.63) is 64.7 Å². The average Bonchev–Trinajstić information content (AvgIpc) is 2.94. The fraction of sp³-hybridized carbons (Fsp3) is 0.333. The summed E-state index contributed by atoms with van der Waals surface area (Å²) >= 11 is 0. The third-order valence-corrected chi connectivity index (χ3v) is 5.98. The standard InChI is InChI=1S/C21H22N2O2/c1-13-21(2,3)17-10-9-14(11-18(17)22(13)4)12-23-19(24)15-7-5-6-8-16(15)20(23)25/h5-11,13H,12H2,1-4H3/t13-/m1/s1. The molecule has 0 unspecified atom stereocenters. The Morgan fingerprint density at radius 1 is 1.00 bits per heavy atom. The van der Waals surface area contributed by atoms with Gasteiger partial charge in [-0.2, -0.15) is 0 Å². The topological polar surface area (TPSA) is 40.6 Å². The van der Waals surface area contributed by atoms with E-state index >= 15 is 0 Å². The summed E-state index contributed by atoms with van der Waals surface area (Å²) < 4.78 is 0. The first-order valence-corrected chi connectivity index (χ1v) is 8.64. The Kier molecular flexibility index (Phi) is 3.29. The van der Waals surface area contributed by atoms with E-state index in [1.165, 1.54) is 16.2 Å². The second-order valence-electron chi connectivity index (χ2n) is 7.60. The smallest absolute Gasteiger partial charge is 0.261 e. The summed E-state index contributed by atoms with van der Waals surface area (Å²) in [5.41, 5.74) is 4.56. The largest absolute Gasteiger partial charge is 0.371 e. The minimum absolute atomic E-state index is 0.0815. The molecule has 25 heavy (non-hydrogen) atoms. The van der Waals surface area contributed by atoms with Crippen LogP contribution in [0, 0.1) is 0 Å². The maximum absolute atomic E-state index is 12.6. The fourth-order valence-electron chi connectivity index (χ4n) is 4.00. The first-order chi connectivity index (χ1) is 11.8. The van der Waals surface area contributed by atoms with Gasteiger partial charge in [-0.05, 0) is 36.2 Å². The quantitative estimate of drug-likeness (QED) is 0.788. The van der Waals surface area contributed by atoms with Crippen molar-refractivity contribution in [2.24, 2.45) is 0 Å². The number of carbonyl (C=O) groups is 2. The highest BCUT2D eigenvalue weighted by Crippen LogP contribution is 2.44. The van der Waals surface area contributed by atoms with Gasteiger partial charge in [0.15, 0.2) is 0 Å². The number of hydrogen-bond donors (Lipinski definition) is 0. The molecule has 2 aromatic carbocycles. The van der Waals surface area contributed by atoms with Gasteiger partial charge in [0.1, 0.15) is 0 Å². The highest BCUT2D eigenvalue weighted by molar-refractivity contribution is 6.21.